The highest BCUT2D eigenvalue weighted by Gasteiger charge is 2.28. The number of hydrogen-bond donors (Lipinski definition) is 2. The Kier molecular flexibility index (Phi) is 8.57. The molecule has 6 heteroatoms. The van der Waals surface area contributed by atoms with Gasteiger partial charge in [-0.25, -0.2) is 0 Å². The number of aliphatic hydroxyl groups excluding tert-OH is 1. The van der Waals surface area contributed by atoms with Crippen LogP contribution in [0.2, 0.25) is 0 Å². The lowest BCUT2D eigenvalue weighted by Gasteiger charge is -2.39. The van der Waals surface area contributed by atoms with Gasteiger partial charge in [0.1, 0.15) is 0 Å². The van der Waals surface area contributed by atoms with Crippen LogP contribution in [-0.2, 0) is 4.79 Å². The summed E-state index contributed by atoms with van der Waals surface area (Å²) in [5, 5.41) is 9.27. The van der Waals surface area contributed by atoms with E-state index in [1.54, 1.807) is 0 Å². The predicted octanol–water partition coefficient (Wildman–Crippen LogP) is 0.307. The zero-order valence-electron chi connectivity index (χ0n) is 12.2. The van der Waals surface area contributed by atoms with E-state index in [4.69, 9.17) is 5.73 Å². The first-order chi connectivity index (χ1) is 8.51. The standard InChI is InChI=1S/C13H27N3O2.ClH/c1-4-11(9-17)15-5-7-16(8-6-15)13(18)12(14)10(2)3;/h10-12,17H,4-9,14H2,1-3H3;1H/t11?,12-;/m0./s1. The van der Waals surface area contributed by atoms with Crippen molar-refractivity contribution < 1.29 is 9.90 Å². The summed E-state index contributed by atoms with van der Waals surface area (Å²) in [6.07, 6.45) is 0.940. The van der Waals surface area contributed by atoms with Crippen molar-refractivity contribution in [3.05, 3.63) is 0 Å². The number of aliphatic hydroxyl groups is 1. The Balaban J connectivity index is 0.00000324. The van der Waals surface area contributed by atoms with Gasteiger partial charge >= 0.3 is 0 Å². The lowest BCUT2D eigenvalue weighted by Crippen LogP contribution is -2.56. The van der Waals surface area contributed by atoms with Crippen LogP contribution in [-0.4, -0.2) is 65.7 Å². The van der Waals surface area contributed by atoms with Gasteiger partial charge in [-0.1, -0.05) is 20.8 Å². The van der Waals surface area contributed by atoms with Crippen LogP contribution in [0, 0.1) is 5.92 Å². The first kappa shape index (κ1) is 18.6. The van der Waals surface area contributed by atoms with E-state index in [-0.39, 0.29) is 36.9 Å². The quantitative estimate of drug-likeness (QED) is 0.765. The molecular weight excluding hydrogens is 266 g/mol. The fourth-order valence-corrected chi connectivity index (χ4v) is 2.31. The zero-order valence-corrected chi connectivity index (χ0v) is 13.0. The molecule has 1 aliphatic rings. The molecule has 1 saturated heterocycles. The number of carbonyl (C=O) groups excluding carboxylic acids is 1. The van der Waals surface area contributed by atoms with E-state index in [0.717, 1.165) is 32.6 Å². The maximum Gasteiger partial charge on any atom is 0.239 e. The summed E-state index contributed by atoms with van der Waals surface area (Å²) < 4.78 is 0. The Morgan fingerprint density at radius 1 is 1.26 bits per heavy atom. The van der Waals surface area contributed by atoms with Crippen molar-refractivity contribution in [2.75, 3.05) is 32.8 Å². The van der Waals surface area contributed by atoms with Crippen molar-refractivity contribution in [3.8, 4) is 0 Å². The SMILES string of the molecule is CCC(CO)N1CCN(C(=O)[C@@H](N)C(C)C)CC1.Cl. The van der Waals surface area contributed by atoms with Crippen molar-refractivity contribution >= 4 is 18.3 Å². The predicted molar refractivity (Wildman–Crippen MR) is 79.4 cm³/mol. The molecule has 114 valence electrons. The number of hydrogen-bond acceptors (Lipinski definition) is 4. The van der Waals surface area contributed by atoms with Crippen LogP contribution in [0.15, 0.2) is 0 Å². The summed E-state index contributed by atoms with van der Waals surface area (Å²) in [6.45, 7) is 9.30. The van der Waals surface area contributed by atoms with E-state index >= 15 is 0 Å². The summed E-state index contributed by atoms with van der Waals surface area (Å²) in [4.78, 5) is 16.2. The summed E-state index contributed by atoms with van der Waals surface area (Å²) in [5.74, 6) is 0.234. The van der Waals surface area contributed by atoms with Gasteiger partial charge in [-0.3, -0.25) is 9.69 Å². The molecule has 0 aromatic heterocycles. The van der Waals surface area contributed by atoms with Crippen LogP contribution in [0.3, 0.4) is 0 Å². The lowest BCUT2D eigenvalue weighted by molar-refractivity contribution is -0.135. The van der Waals surface area contributed by atoms with Crippen LogP contribution in [0.4, 0.5) is 0 Å². The third-order valence-corrected chi connectivity index (χ3v) is 3.83. The van der Waals surface area contributed by atoms with E-state index in [0.29, 0.717) is 0 Å². The molecule has 1 fully saturated rings. The minimum atomic E-state index is -0.392. The normalized spacial score (nSPS) is 20.0. The second kappa shape index (κ2) is 8.74. The number of carbonyl (C=O) groups is 1. The highest BCUT2D eigenvalue weighted by atomic mass is 35.5. The largest absolute Gasteiger partial charge is 0.395 e. The van der Waals surface area contributed by atoms with Crippen molar-refractivity contribution in [2.24, 2.45) is 11.7 Å². The Hall–Kier alpha value is -0.360. The molecule has 0 radical (unpaired) electrons. The van der Waals surface area contributed by atoms with Gasteiger partial charge in [0.2, 0.25) is 5.91 Å². The fourth-order valence-electron chi connectivity index (χ4n) is 2.31. The Morgan fingerprint density at radius 2 is 1.79 bits per heavy atom. The molecule has 1 amide bonds. The smallest absolute Gasteiger partial charge is 0.239 e. The number of halogens is 1. The molecule has 19 heavy (non-hydrogen) atoms. The summed E-state index contributed by atoms with van der Waals surface area (Å²) in [7, 11) is 0. The summed E-state index contributed by atoms with van der Waals surface area (Å²) in [6, 6.07) is -0.169. The monoisotopic (exact) mass is 293 g/mol. The van der Waals surface area contributed by atoms with Crippen molar-refractivity contribution in [3.63, 3.8) is 0 Å². The fraction of sp³-hybridized carbons (Fsp3) is 0.923. The van der Waals surface area contributed by atoms with Gasteiger partial charge in [0.25, 0.3) is 0 Å². The lowest BCUT2D eigenvalue weighted by atomic mass is 10.0. The molecule has 0 spiro atoms. The summed E-state index contributed by atoms with van der Waals surface area (Å²) in [5.41, 5.74) is 5.89. The van der Waals surface area contributed by atoms with Crippen LogP contribution in [0.1, 0.15) is 27.2 Å². The second-order valence-corrected chi connectivity index (χ2v) is 5.38. The third-order valence-electron chi connectivity index (χ3n) is 3.83. The van der Waals surface area contributed by atoms with E-state index in [1.807, 2.05) is 18.7 Å². The van der Waals surface area contributed by atoms with E-state index in [9.17, 15) is 9.90 Å². The molecule has 2 atom stereocenters. The number of nitrogens with two attached hydrogens (primary N) is 1. The number of piperazine rings is 1. The van der Waals surface area contributed by atoms with Crippen LogP contribution < -0.4 is 5.73 Å². The molecule has 3 N–H and O–H groups in total. The second-order valence-electron chi connectivity index (χ2n) is 5.38. The van der Waals surface area contributed by atoms with Gasteiger partial charge in [-0.05, 0) is 12.3 Å². The molecule has 5 nitrogen and oxygen atoms in total. The minimum Gasteiger partial charge on any atom is -0.395 e. The van der Waals surface area contributed by atoms with Crippen molar-refractivity contribution in [1.82, 2.24) is 9.80 Å². The molecule has 1 aliphatic heterocycles. The molecule has 1 rings (SSSR count). The zero-order chi connectivity index (χ0) is 13.7. The number of amides is 1. The average molecular weight is 294 g/mol. The third kappa shape index (κ3) is 4.91. The van der Waals surface area contributed by atoms with Gasteiger partial charge in [0.05, 0.1) is 12.6 Å². The molecule has 1 unspecified atom stereocenters. The minimum absolute atomic E-state index is 0. The Morgan fingerprint density at radius 3 is 2.16 bits per heavy atom. The molecule has 0 bridgehead atoms. The van der Waals surface area contributed by atoms with Crippen LogP contribution in [0.25, 0.3) is 0 Å². The van der Waals surface area contributed by atoms with E-state index in [1.165, 1.54) is 0 Å². The number of rotatable bonds is 5. The van der Waals surface area contributed by atoms with E-state index in [2.05, 4.69) is 11.8 Å². The van der Waals surface area contributed by atoms with Crippen molar-refractivity contribution in [1.29, 1.82) is 0 Å². The molecule has 0 aromatic rings. The summed E-state index contributed by atoms with van der Waals surface area (Å²) >= 11 is 0. The van der Waals surface area contributed by atoms with Gasteiger partial charge in [0, 0.05) is 32.2 Å². The molecule has 0 saturated carbocycles. The first-order valence-corrected chi connectivity index (χ1v) is 6.90. The van der Waals surface area contributed by atoms with Gasteiger partial charge in [-0.2, -0.15) is 0 Å². The average Bonchev–Trinajstić information content (AvgIpc) is 2.39. The number of nitrogens with zero attached hydrogens (tertiary/aromatic N) is 2. The molecular formula is C13H28ClN3O2. The molecule has 0 aromatic carbocycles. The van der Waals surface area contributed by atoms with E-state index < -0.39 is 6.04 Å². The molecule has 0 aliphatic carbocycles. The van der Waals surface area contributed by atoms with Crippen molar-refractivity contribution in [2.45, 2.75) is 39.3 Å². The maximum absolute atomic E-state index is 12.1. The first-order valence-electron chi connectivity index (χ1n) is 6.90. The Labute approximate surface area is 122 Å². The highest BCUT2D eigenvalue weighted by Crippen LogP contribution is 2.11. The topological polar surface area (TPSA) is 69.8 Å². The van der Waals surface area contributed by atoms with Gasteiger partial charge in [-0.15, -0.1) is 12.4 Å². The maximum atomic E-state index is 12.1. The van der Waals surface area contributed by atoms with Crippen LogP contribution in [0.5, 0.6) is 0 Å². The van der Waals surface area contributed by atoms with Gasteiger partial charge < -0.3 is 15.7 Å². The molecule has 1 heterocycles. The van der Waals surface area contributed by atoms with Gasteiger partial charge in [0.15, 0.2) is 0 Å². The highest BCUT2D eigenvalue weighted by molar-refractivity contribution is 5.85. The Bertz CT molecular complexity index is 265. The van der Waals surface area contributed by atoms with Crippen LogP contribution >= 0.6 is 12.4 Å².